The number of thiophene rings is 1. The van der Waals surface area contributed by atoms with E-state index in [2.05, 4.69) is 4.98 Å². The summed E-state index contributed by atoms with van der Waals surface area (Å²) in [5.74, 6) is -1.25. The number of fused-ring (bicyclic) bond motifs is 2. The van der Waals surface area contributed by atoms with Gasteiger partial charge >= 0.3 is 11.7 Å². The number of aromatic nitrogens is 3. The second kappa shape index (κ2) is 7.51. The highest BCUT2D eigenvalue weighted by Gasteiger charge is 2.27. The highest BCUT2D eigenvalue weighted by atomic mass is 35.5. The molecule has 0 bridgehead atoms. The van der Waals surface area contributed by atoms with Gasteiger partial charge in [-0.05, 0) is 30.7 Å². The van der Waals surface area contributed by atoms with E-state index in [-0.39, 0.29) is 17.9 Å². The Morgan fingerprint density at radius 2 is 1.91 bits per heavy atom. The van der Waals surface area contributed by atoms with Crippen molar-refractivity contribution in [2.24, 2.45) is 0 Å². The molecule has 2 aromatic carbocycles. The van der Waals surface area contributed by atoms with Crippen molar-refractivity contribution < 1.29 is 9.90 Å². The van der Waals surface area contributed by atoms with Crippen LogP contribution < -0.4 is 11.2 Å². The second-order valence-electron chi connectivity index (χ2n) is 7.47. The first-order valence-corrected chi connectivity index (χ1v) is 11.0. The topological polar surface area (TPSA) is 97.1 Å². The number of aromatic carboxylic acids is 1. The summed E-state index contributed by atoms with van der Waals surface area (Å²) < 4.78 is 2.50. The number of benzene rings is 2. The van der Waals surface area contributed by atoms with Crippen molar-refractivity contribution in [3.63, 3.8) is 0 Å². The highest BCUT2D eigenvalue weighted by molar-refractivity contribution is 7.09. The number of H-pyrrole nitrogens is 1. The third-order valence-electron chi connectivity index (χ3n) is 5.44. The summed E-state index contributed by atoms with van der Waals surface area (Å²) in [6, 6.07) is 12.6. The summed E-state index contributed by atoms with van der Waals surface area (Å²) in [4.78, 5) is 41.4. The summed E-state index contributed by atoms with van der Waals surface area (Å²) in [6.45, 7) is 2.03. The molecular formula is C23H16ClN3O4S. The number of aromatic amines is 1. The number of rotatable bonds is 4. The van der Waals surface area contributed by atoms with Crippen molar-refractivity contribution >= 4 is 50.7 Å². The number of hydrogen-bond donors (Lipinski definition) is 2. The number of carbonyl (C=O) groups is 1. The second-order valence-corrected chi connectivity index (χ2v) is 8.62. The Bertz CT molecular complexity index is 1660. The Hall–Kier alpha value is -3.62. The van der Waals surface area contributed by atoms with Gasteiger partial charge in [-0.25, -0.2) is 14.2 Å². The zero-order valence-corrected chi connectivity index (χ0v) is 18.3. The average molecular weight is 466 g/mol. The van der Waals surface area contributed by atoms with E-state index in [0.717, 1.165) is 15.7 Å². The van der Waals surface area contributed by atoms with Crippen molar-refractivity contribution in [2.45, 2.75) is 13.5 Å². The van der Waals surface area contributed by atoms with Gasteiger partial charge in [0.1, 0.15) is 0 Å². The summed E-state index contributed by atoms with van der Waals surface area (Å²) in [7, 11) is 0. The number of carboxylic acids is 1. The first kappa shape index (κ1) is 20.3. The molecule has 0 spiro atoms. The molecule has 160 valence electrons. The molecule has 0 aliphatic rings. The van der Waals surface area contributed by atoms with Crippen LogP contribution in [0.1, 0.15) is 21.6 Å². The molecule has 32 heavy (non-hydrogen) atoms. The molecule has 3 aromatic heterocycles. The van der Waals surface area contributed by atoms with Crippen LogP contribution in [0.25, 0.3) is 27.5 Å². The van der Waals surface area contributed by atoms with Crippen molar-refractivity contribution in [2.75, 3.05) is 0 Å². The maximum atomic E-state index is 13.3. The van der Waals surface area contributed by atoms with Gasteiger partial charge in [-0.2, -0.15) is 0 Å². The van der Waals surface area contributed by atoms with Crippen LogP contribution in [-0.4, -0.2) is 25.2 Å². The van der Waals surface area contributed by atoms with Gasteiger partial charge < -0.3 is 14.7 Å². The number of aryl methyl sites for hydroxylation is 1. The van der Waals surface area contributed by atoms with Gasteiger partial charge in [0.15, 0.2) is 5.69 Å². The molecule has 9 heteroatoms. The zero-order chi connectivity index (χ0) is 22.6. The maximum Gasteiger partial charge on any atom is 0.354 e. The first-order valence-electron chi connectivity index (χ1n) is 9.68. The van der Waals surface area contributed by atoms with Crippen molar-refractivity contribution in [3.8, 4) is 5.69 Å². The molecule has 0 unspecified atom stereocenters. The predicted molar refractivity (Wildman–Crippen MR) is 126 cm³/mol. The Morgan fingerprint density at radius 3 is 2.66 bits per heavy atom. The monoisotopic (exact) mass is 465 g/mol. The van der Waals surface area contributed by atoms with E-state index in [0.29, 0.717) is 26.8 Å². The van der Waals surface area contributed by atoms with E-state index >= 15 is 0 Å². The Balaban J connectivity index is 1.92. The molecule has 5 rings (SSSR count). The summed E-state index contributed by atoms with van der Waals surface area (Å²) in [6.07, 6.45) is 0. The van der Waals surface area contributed by atoms with Crippen LogP contribution in [-0.2, 0) is 6.54 Å². The fourth-order valence-corrected chi connectivity index (χ4v) is 4.95. The molecule has 0 saturated heterocycles. The number of nitrogens with one attached hydrogen (secondary N) is 1. The van der Waals surface area contributed by atoms with Crippen LogP contribution in [0.3, 0.4) is 0 Å². The van der Waals surface area contributed by atoms with Gasteiger partial charge in [0.05, 0.1) is 22.1 Å². The summed E-state index contributed by atoms with van der Waals surface area (Å²) >= 11 is 7.62. The molecule has 0 fully saturated rings. The molecule has 5 aromatic rings. The van der Waals surface area contributed by atoms with E-state index in [9.17, 15) is 19.5 Å². The van der Waals surface area contributed by atoms with Crippen molar-refractivity contribution in [1.29, 1.82) is 0 Å². The van der Waals surface area contributed by atoms with Gasteiger partial charge in [0.2, 0.25) is 0 Å². The van der Waals surface area contributed by atoms with Crippen LogP contribution in [0.5, 0.6) is 0 Å². The van der Waals surface area contributed by atoms with Gasteiger partial charge in [0.25, 0.3) is 5.56 Å². The SMILES string of the molecule is Cc1ccc2c(c1)c(-n1c(=O)[nH]c3cscc3c1=O)c(C(=O)O)n2Cc1ccccc1Cl. The quantitative estimate of drug-likeness (QED) is 0.411. The van der Waals surface area contributed by atoms with E-state index in [4.69, 9.17) is 11.6 Å². The molecule has 0 amide bonds. The molecule has 7 nitrogen and oxygen atoms in total. The summed E-state index contributed by atoms with van der Waals surface area (Å²) in [5.41, 5.74) is 1.22. The predicted octanol–water partition coefficient (Wildman–Crippen LogP) is 4.40. The highest BCUT2D eigenvalue weighted by Crippen LogP contribution is 2.31. The molecule has 0 aliphatic carbocycles. The van der Waals surface area contributed by atoms with Gasteiger partial charge in [-0.1, -0.05) is 41.4 Å². The lowest BCUT2D eigenvalue weighted by molar-refractivity contribution is 0.0686. The minimum Gasteiger partial charge on any atom is -0.477 e. The smallest absolute Gasteiger partial charge is 0.354 e. The van der Waals surface area contributed by atoms with Crippen LogP contribution in [0.4, 0.5) is 0 Å². The summed E-state index contributed by atoms with van der Waals surface area (Å²) in [5, 5.41) is 14.8. The molecule has 0 radical (unpaired) electrons. The molecule has 2 N–H and O–H groups in total. The molecule has 0 saturated carbocycles. The lowest BCUT2D eigenvalue weighted by atomic mass is 10.1. The first-order chi connectivity index (χ1) is 15.4. The van der Waals surface area contributed by atoms with Crippen LogP contribution in [0.2, 0.25) is 5.02 Å². The Labute approximate surface area is 189 Å². The number of hydrogen-bond acceptors (Lipinski definition) is 4. The van der Waals surface area contributed by atoms with E-state index in [1.165, 1.54) is 11.3 Å². The largest absolute Gasteiger partial charge is 0.477 e. The fourth-order valence-electron chi connectivity index (χ4n) is 4.00. The zero-order valence-electron chi connectivity index (χ0n) is 16.8. The van der Waals surface area contributed by atoms with Crippen LogP contribution in [0.15, 0.2) is 62.8 Å². The van der Waals surface area contributed by atoms with Gasteiger partial charge in [-0.15, -0.1) is 11.3 Å². The molecule has 0 aliphatic heterocycles. The lowest BCUT2D eigenvalue weighted by Crippen LogP contribution is -2.34. The third-order valence-corrected chi connectivity index (χ3v) is 6.56. The fraction of sp³-hybridized carbons (Fsp3) is 0.0870. The number of halogens is 1. The third kappa shape index (κ3) is 3.07. The molecule has 0 atom stereocenters. The van der Waals surface area contributed by atoms with E-state index in [1.54, 1.807) is 39.6 Å². The van der Waals surface area contributed by atoms with Crippen molar-refractivity contribution in [3.05, 3.63) is 95.9 Å². The van der Waals surface area contributed by atoms with E-state index < -0.39 is 17.2 Å². The van der Waals surface area contributed by atoms with Crippen molar-refractivity contribution in [1.82, 2.24) is 14.1 Å². The Morgan fingerprint density at radius 1 is 1.12 bits per heavy atom. The maximum absolute atomic E-state index is 13.3. The number of carboxylic acid groups (broad SMARTS) is 1. The van der Waals surface area contributed by atoms with E-state index in [1.807, 2.05) is 25.1 Å². The van der Waals surface area contributed by atoms with Gasteiger partial charge in [-0.3, -0.25) is 4.79 Å². The Kier molecular flexibility index (Phi) is 4.76. The molecule has 3 heterocycles. The minimum atomic E-state index is -1.25. The van der Waals surface area contributed by atoms with Crippen LogP contribution >= 0.6 is 22.9 Å². The number of nitrogens with zero attached hydrogens (tertiary/aromatic N) is 2. The normalized spacial score (nSPS) is 11.4. The minimum absolute atomic E-state index is 0.0441. The standard InChI is InChI=1S/C23H16ClN3O4S/c1-12-6-7-18-14(8-12)19(27-21(28)15-10-32-11-17(15)25-23(27)31)20(22(29)30)26(18)9-13-4-2-3-5-16(13)24/h2-8,10-11H,9H2,1H3,(H,25,31)(H,29,30). The molecular weight excluding hydrogens is 450 g/mol. The van der Waals surface area contributed by atoms with Gasteiger partial charge in [0, 0.05) is 27.7 Å². The van der Waals surface area contributed by atoms with Crippen LogP contribution in [0, 0.1) is 6.92 Å². The lowest BCUT2D eigenvalue weighted by Gasteiger charge is -2.11. The average Bonchev–Trinajstić information content (AvgIpc) is 3.33.